The van der Waals surface area contributed by atoms with Crippen molar-refractivity contribution >= 4 is 30.5 Å². The van der Waals surface area contributed by atoms with Crippen molar-refractivity contribution in [3.63, 3.8) is 0 Å². The zero-order valence-corrected chi connectivity index (χ0v) is 12.5. The molecule has 0 aromatic rings. The molecule has 0 radical (unpaired) electrons. The lowest BCUT2D eigenvalue weighted by atomic mass is 10.00. The predicted octanol–water partition coefficient (Wildman–Crippen LogP) is 4.46. The largest absolute Gasteiger partial charge is 0.365 e. The van der Waals surface area contributed by atoms with Gasteiger partial charge in [-0.1, -0.05) is 50.3 Å². The van der Waals surface area contributed by atoms with Crippen molar-refractivity contribution in [2.75, 3.05) is 0 Å². The Labute approximate surface area is 111 Å². The van der Waals surface area contributed by atoms with Gasteiger partial charge in [0.2, 0.25) is 0 Å². The molecule has 0 aromatic carbocycles. The first-order chi connectivity index (χ1) is 7.21. The molecule has 2 fully saturated rings. The van der Waals surface area contributed by atoms with E-state index < -0.39 is 6.26 Å². The van der Waals surface area contributed by atoms with Crippen molar-refractivity contribution in [2.45, 2.75) is 75.5 Å². The molecule has 0 saturated heterocycles. The Morgan fingerprint density at radius 2 is 1.06 bits per heavy atom. The van der Waals surface area contributed by atoms with Gasteiger partial charge in [-0.2, -0.15) is 0 Å². The normalized spacial score (nSPS) is 25.1. The standard InChI is InChI=1S/C12H23OPS.ClH/c13-14(15,11-7-3-1-4-8-11)12-9-5-2-6-10-12;/h11-12H,1-10H2,(H,13,15);1H. The fourth-order valence-electron chi connectivity index (χ4n) is 3.20. The van der Waals surface area contributed by atoms with Crippen LogP contribution in [0, 0.1) is 0 Å². The zero-order chi connectivity index (χ0) is 10.7. The first kappa shape index (κ1) is 15.0. The summed E-state index contributed by atoms with van der Waals surface area (Å²) in [5, 5.41) is 0. The third-order valence-corrected chi connectivity index (χ3v) is 9.11. The van der Waals surface area contributed by atoms with Gasteiger partial charge in [-0.3, -0.25) is 0 Å². The van der Waals surface area contributed by atoms with Crippen molar-refractivity contribution in [1.82, 2.24) is 0 Å². The fourth-order valence-corrected chi connectivity index (χ4v) is 7.27. The topological polar surface area (TPSA) is 20.2 Å². The Morgan fingerprint density at radius 3 is 1.38 bits per heavy atom. The highest BCUT2D eigenvalue weighted by Gasteiger charge is 2.35. The lowest BCUT2D eigenvalue weighted by Gasteiger charge is -2.37. The molecule has 0 amide bonds. The summed E-state index contributed by atoms with van der Waals surface area (Å²) >= 11 is 5.65. The molecule has 2 aliphatic rings. The van der Waals surface area contributed by atoms with Crippen molar-refractivity contribution in [2.24, 2.45) is 0 Å². The van der Waals surface area contributed by atoms with E-state index in [2.05, 4.69) is 0 Å². The molecule has 0 heterocycles. The van der Waals surface area contributed by atoms with Crippen LogP contribution in [0.2, 0.25) is 0 Å². The number of hydrogen-bond acceptors (Lipinski definition) is 1. The molecular formula is C12H24ClOPS. The highest BCUT2D eigenvalue weighted by Crippen LogP contribution is 2.59. The van der Waals surface area contributed by atoms with E-state index in [4.69, 9.17) is 11.8 Å². The van der Waals surface area contributed by atoms with Crippen LogP contribution in [0.15, 0.2) is 0 Å². The highest BCUT2D eigenvalue weighted by molar-refractivity contribution is 8.12. The molecule has 16 heavy (non-hydrogen) atoms. The molecule has 0 unspecified atom stereocenters. The van der Waals surface area contributed by atoms with Gasteiger partial charge in [-0.25, -0.2) is 0 Å². The van der Waals surface area contributed by atoms with Gasteiger partial charge in [0, 0.05) is 11.3 Å². The Hall–Kier alpha value is 0.900. The van der Waals surface area contributed by atoms with Crippen molar-refractivity contribution in [3.05, 3.63) is 0 Å². The van der Waals surface area contributed by atoms with Gasteiger partial charge in [0.1, 0.15) is 0 Å². The summed E-state index contributed by atoms with van der Waals surface area (Å²) in [5.41, 5.74) is 1.04. The Balaban J connectivity index is 0.00000128. The monoisotopic (exact) mass is 282 g/mol. The summed E-state index contributed by atoms with van der Waals surface area (Å²) in [7, 11) is 0. The molecule has 0 bridgehead atoms. The van der Waals surface area contributed by atoms with Crippen molar-refractivity contribution < 1.29 is 4.89 Å². The van der Waals surface area contributed by atoms with Crippen LogP contribution in [0.1, 0.15) is 64.2 Å². The molecule has 4 heteroatoms. The van der Waals surface area contributed by atoms with E-state index in [9.17, 15) is 4.89 Å². The number of hydrogen-bond donors (Lipinski definition) is 1. The number of rotatable bonds is 2. The third kappa shape index (κ3) is 3.45. The number of halogens is 1. The highest BCUT2D eigenvalue weighted by atomic mass is 35.5. The molecule has 0 aliphatic heterocycles. The summed E-state index contributed by atoms with van der Waals surface area (Å²) < 4.78 is 0. The smallest absolute Gasteiger partial charge is 0.0694 e. The summed E-state index contributed by atoms with van der Waals surface area (Å²) in [6, 6.07) is 0. The zero-order valence-electron chi connectivity index (χ0n) is 9.94. The molecule has 1 nitrogen and oxygen atoms in total. The Bertz CT molecular complexity index is 225. The minimum absolute atomic E-state index is 0. The second kappa shape index (κ2) is 6.73. The minimum Gasteiger partial charge on any atom is -0.365 e. The van der Waals surface area contributed by atoms with Crippen LogP contribution in [-0.2, 0) is 11.8 Å². The van der Waals surface area contributed by atoms with E-state index in [1.165, 1.54) is 64.2 Å². The molecule has 2 aliphatic carbocycles. The summed E-state index contributed by atoms with van der Waals surface area (Å²) in [6.07, 6.45) is 10.8. The second-order valence-electron chi connectivity index (χ2n) is 5.26. The molecular weight excluding hydrogens is 259 g/mol. The van der Waals surface area contributed by atoms with Crippen LogP contribution in [-0.4, -0.2) is 16.2 Å². The Kier molecular flexibility index (Phi) is 6.29. The second-order valence-corrected chi connectivity index (χ2v) is 9.82. The van der Waals surface area contributed by atoms with E-state index in [0.717, 1.165) is 0 Å². The SMILES string of the molecule is Cl.OP(=S)(C1CCCCC1)C1CCCCC1. The van der Waals surface area contributed by atoms with Crippen LogP contribution < -0.4 is 0 Å². The molecule has 1 N–H and O–H groups in total. The van der Waals surface area contributed by atoms with E-state index >= 15 is 0 Å². The van der Waals surface area contributed by atoms with Crippen molar-refractivity contribution in [1.29, 1.82) is 0 Å². The predicted molar refractivity (Wildman–Crippen MR) is 77.5 cm³/mol. The van der Waals surface area contributed by atoms with Crippen LogP contribution >= 0.6 is 18.7 Å². The molecule has 2 saturated carbocycles. The minimum atomic E-state index is -2.01. The Morgan fingerprint density at radius 1 is 0.750 bits per heavy atom. The van der Waals surface area contributed by atoms with Gasteiger partial charge < -0.3 is 4.89 Å². The van der Waals surface area contributed by atoms with Crippen LogP contribution in [0.5, 0.6) is 0 Å². The van der Waals surface area contributed by atoms with Gasteiger partial charge in [-0.15, -0.1) is 12.4 Å². The first-order valence-electron chi connectivity index (χ1n) is 6.53. The van der Waals surface area contributed by atoms with Crippen LogP contribution in [0.3, 0.4) is 0 Å². The summed E-state index contributed by atoms with van der Waals surface area (Å²) in [6.45, 7) is 0. The molecule has 96 valence electrons. The average molecular weight is 283 g/mol. The lowest BCUT2D eigenvalue weighted by Crippen LogP contribution is -2.22. The van der Waals surface area contributed by atoms with Gasteiger partial charge in [0.15, 0.2) is 0 Å². The van der Waals surface area contributed by atoms with Crippen LogP contribution in [0.4, 0.5) is 0 Å². The molecule has 0 aromatic heterocycles. The lowest BCUT2D eigenvalue weighted by molar-refractivity contribution is 0.445. The van der Waals surface area contributed by atoms with Crippen LogP contribution in [0.25, 0.3) is 0 Å². The maximum absolute atomic E-state index is 10.7. The van der Waals surface area contributed by atoms with E-state index in [1.54, 1.807) is 0 Å². The first-order valence-corrected chi connectivity index (χ1v) is 9.43. The maximum atomic E-state index is 10.7. The third-order valence-electron chi connectivity index (χ3n) is 4.20. The van der Waals surface area contributed by atoms with Crippen molar-refractivity contribution in [3.8, 4) is 0 Å². The quantitative estimate of drug-likeness (QED) is 0.755. The molecule has 0 atom stereocenters. The van der Waals surface area contributed by atoms with Gasteiger partial charge in [0.05, 0.1) is 6.26 Å². The summed E-state index contributed by atoms with van der Waals surface area (Å²) in [5.74, 6) is 0. The van der Waals surface area contributed by atoms with Gasteiger partial charge in [0.25, 0.3) is 0 Å². The van der Waals surface area contributed by atoms with E-state index in [0.29, 0.717) is 11.3 Å². The molecule has 2 rings (SSSR count). The van der Waals surface area contributed by atoms with Gasteiger partial charge >= 0.3 is 0 Å². The molecule has 0 spiro atoms. The van der Waals surface area contributed by atoms with E-state index in [-0.39, 0.29) is 12.4 Å². The average Bonchev–Trinajstić information content (AvgIpc) is 2.31. The van der Waals surface area contributed by atoms with E-state index in [1.807, 2.05) is 0 Å². The summed E-state index contributed by atoms with van der Waals surface area (Å²) in [4.78, 5) is 10.7. The maximum Gasteiger partial charge on any atom is 0.0694 e. The van der Waals surface area contributed by atoms with Gasteiger partial charge in [-0.05, 0) is 25.7 Å². The fraction of sp³-hybridized carbons (Fsp3) is 1.00.